The number of nitrogens with zero attached hydrogens (tertiary/aromatic N) is 2. The Morgan fingerprint density at radius 2 is 1.75 bits per heavy atom. The quantitative estimate of drug-likeness (QED) is 0.833. The van der Waals surface area contributed by atoms with Gasteiger partial charge >= 0.3 is 6.09 Å². The highest BCUT2D eigenvalue weighted by Gasteiger charge is 2.05. The zero-order chi connectivity index (χ0) is 11.2. The summed E-state index contributed by atoms with van der Waals surface area (Å²) in [5.41, 5.74) is 0. The van der Waals surface area contributed by atoms with Gasteiger partial charge in [-0.1, -0.05) is 18.2 Å². The van der Waals surface area contributed by atoms with Crippen LogP contribution in [-0.2, 0) is 0 Å². The number of carbonyl (C=O) groups is 1. The van der Waals surface area contributed by atoms with Gasteiger partial charge in [0.15, 0.2) is 0 Å². The lowest BCUT2D eigenvalue weighted by Gasteiger charge is -2.04. The summed E-state index contributed by atoms with van der Waals surface area (Å²) in [6, 6.07) is 10.4. The molecule has 80 valence electrons. The van der Waals surface area contributed by atoms with Crippen LogP contribution in [0.25, 0.3) is 0 Å². The molecule has 1 aromatic carbocycles. The van der Waals surface area contributed by atoms with Crippen molar-refractivity contribution in [2.24, 2.45) is 0 Å². The van der Waals surface area contributed by atoms with Crippen LogP contribution in [0.5, 0.6) is 5.75 Å². The number of aromatic nitrogens is 2. The molecule has 2 rings (SSSR count). The van der Waals surface area contributed by atoms with Crippen LogP contribution in [0.4, 0.5) is 10.7 Å². The smallest absolute Gasteiger partial charge is 0.410 e. The molecule has 16 heavy (non-hydrogen) atoms. The first-order valence-electron chi connectivity index (χ1n) is 4.65. The number of rotatable bonds is 2. The largest absolute Gasteiger partial charge is 0.419 e. The molecule has 0 saturated heterocycles. The second-order valence-corrected chi connectivity index (χ2v) is 2.90. The van der Waals surface area contributed by atoms with Crippen LogP contribution in [-0.4, -0.2) is 16.1 Å². The lowest BCUT2D eigenvalue weighted by molar-refractivity contribution is 0.215. The Morgan fingerprint density at radius 1 is 1.06 bits per heavy atom. The maximum Gasteiger partial charge on any atom is 0.419 e. The lowest BCUT2D eigenvalue weighted by atomic mass is 10.3. The van der Waals surface area contributed by atoms with E-state index in [-0.39, 0.29) is 5.95 Å². The van der Waals surface area contributed by atoms with Gasteiger partial charge in [-0.05, 0) is 18.2 Å². The number of carbonyl (C=O) groups excluding carboxylic acids is 1. The van der Waals surface area contributed by atoms with Crippen LogP contribution in [0.2, 0.25) is 0 Å². The summed E-state index contributed by atoms with van der Waals surface area (Å²) in [7, 11) is 0. The highest BCUT2D eigenvalue weighted by molar-refractivity contribution is 5.83. The van der Waals surface area contributed by atoms with E-state index in [1.807, 2.05) is 6.07 Å². The van der Waals surface area contributed by atoms with E-state index < -0.39 is 6.09 Å². The van der Waals surface area contributed by atoms with Crippen molar-refractivity contribution in [1.29, 1.82) is 0 Å². The second-order valence-electron chi connectivity index (χ2n) is 2.90. The van der Waals surface area contributed by atoms with Crippen molar-refractivity contribution in [3.63, 3.8) is 0 Å². The van der Waals surface area contributed by atoms with E-state index in [0.717, 1.165) is 0 Å². The maximum absolute atomic E-state index is 11.4. The summed E-state index contributed by atoms with van der Waals surface area (Å²) >= 11 is 0. The van der Waals surface area contributed by atoms with E-state index in [2.05, 4.69) is 15.3 Å². The average Bonchev–Trinajstić information content (AvgIpc) is 2.31. The van der Waals surface area contributed by atoms with Crippen molar-refractivity contribution in [2.75, 3.05) is 5.32 Å². The van der Waals surface area contributed by atoms with Gasteiger partial charge in [0.05, 0.1) is 0 Å². The first-order valence-corrected chi connectivity index (χ1v) is 4.65. The van der Waals surface area contributed by atoms with Crippen molar-refractivity contribution in [2.45, 2.75) is 0 Å². The molecule has 0 unspecified atom stereocenters. The van der Waals surface area contributed by atoms with Gasteiger partial charge in [0.2, 0.25) is 5.95 Å². The minimum Gasteiger partial charge on any atom is -0.410 e. The highest BCUT2D eigenvalue weighted by Crippen LogP contribution is 2.09. The molecule has 0 atom stereocenters. The van der Waals surface area contributed by atoms with E-state index in [1.165, 1.54) is 12.4 Å². The molecule has 1 aromatic heterocycles. The van der Waals surface area contributed by atoms with Crippen LogP contribution < -0.4 is 10.1 Å². The fourth-order valence-electron chi connectivity index (χ4n) is 1.08. The Balaban J connectivity index is 1.95. The predicted octanol–water partition coefficient (Wildman–Crippen LogP) is 2.09. The standard InChI is InChI=1S/C11H9N3O2/c15-11(14-10-12-7-4-8-13-10)16-9-5-2-1-3-6-9/h1-8H,(H,12,13,14,15). The molecule has 0 spiro atoms. The number of benzene rings is 1. The summed E-state index contributed by atoms with van der Waals surface area (Å²) in [5, 5.41) is 2.41. The van der Waals surface area contributed by atoms with Crippen LogP contribution in [0.1, 0.15) is 0 Å². The Labute approximate surface area is 92.1 Å². The molecule has 2 aromatic rings. The predicted molar refractivity (Wildman–Crippen MR) is 58.1 cm³/mol. The lowest BCUT2D eigenvalue weighted by Crippen LogP contribution is -2.18. The number of hydrogen-bond donors (Lipinski definition) is 1. The SMILES string of the molecule is O=C(Nc1ncccn1)Oc1ccccc1. The van der Waals surface area contributed by atoms with E-state index >= 15 is 0 Å². The van der Waals surface area contributed by atoms with Crippen LogP contribution in [0.15, 0.2) is 48.8 Å². The second kappa shape index (κ2) is 4.88. The molecule has 0 radical (unpaired) electrons. The number of amides is 1. The van der Waals surface area contributed by atoms with Gasteiger partial charge < -0.3 is 4.74 Å². The number of nitrogens with one attached hydrogen (secondary N) is 1. The van der Waals surface area contributed by atoms with Gasteiger partial charge in [0, 0.05) is 12.4 Å². The van der Waals surface area contributed by atoms with Crippen LogP contribution in [0.3, 0.4) is 0 Å². The normalized spacial score (nSPS) is 9.50. The molecule has 0 aliphatic heterocycles. The topological polar surface area (TPSA) is 64.1 Å². The third-order valence-electron chi connectivity index (χ3n) is 1.73. The number of anilines is 1. The first-order chi connectivity index (χ1) is 7.84. The van der Waals surface area contributed by atoms with Crippen LogP contribution >= 0.6 is 0 Å². The monoisotopic (exact) mass is 215 g/mol. The molecule has 0 aliphatic rings. The molecule has 5 nitrogen and oxygen atoms in total. The Morgan fingerprint density at radius 3 is 2.44 bits per heavy atom. The third kappa shape index (κ3) is 2.78. The summed E-state index contributed by atoms with van der Waals surface area (Å²) in [4.78, 5) is 19.0. The minimum atomic E-state index is -0.614. The third-order valence-corrected chi connectivity index (χ3v) is 1.73. The Bertz CT molecular complexity index is 416. The summed E-state index contributed by atoms with van der Waals surface area (Å²) in [6.45, 7) is 0. The molecule has 0 aliphatic carbocycles. The van der Waals surface area contributed by atoms with Crippen molar-refractivity contribution in [3.05, 3.63) is 48.8 Å². The zero-order valence-corrected chi connectivity index (χ0v) is 8.33. The number of hydrogen-bond acceptors (Lipinski definition) is 4. The molecule has 1 amide bonds. The van der Waals surface area contributed by atoms with Crippen molar-refractivity contribution >= 4 is 12.0 Å². The number of para-hydroxylation sites is 1. The minimum absolute atomic E-state index is 0.212. The molecule has 0 saturated carbocycles. The molecular weight excluding hydrogens is 206 g/mol. The van der Waals surface area contributed by atoms with Crippen LogP contribution in [0, 0.1) is 0 Å². The van der Waals surface area contributed by atoms with Gasteiger partial charge in [0.25, 0.3) is 0 Å². The summed E-state index contributed by atoms with van der Waals surface area (Å²) < 4.78 is 4.99. The maximum atomic E-state index is 11.4. The van der Waals surface area contributed by atoms with Gasteiger partial charge in [-0.15, -0.1) is 0 Å². The Kier molecular flexibility index (Phi) is 3.08. The van der Waals surface area contributed by atoms with Gasteiger partial charge in [-0.25, -0.2) is 14.8 Å². The zero-order valence-electron chi connectivity index (χ0n) is 8.33. The van der Waals surface area contributed by atoms with E-state index in [0.29, 0.717) is 5.75 Å². The Hall–Kier alpha value is -2.43. The fraction of sp³-hybridized carbons (Fsp3) is 0. The van der Waals surface area contributed by atoms with E-state index in [9.17, 15) is 4.79 Å². The van der Waals surface area contributed by atoms with Gasteiger partial charge in [0.1, 0.15) is 5.75 Å². The summed E-state index contributed by atoms with van der Waals surface area (Å²) in [5.74, 6) is 0.680. The molecule has 1 N–H and O–H groups in total. The number of ether oxygens (including phenoxy) is 1. The van der Waals surface area contributed by atoms with E-state index in [4.69, 9.17) is 4.74 Å². The molecule has 0 fully saturated rings. The van der Waals surface area contributed by atoms with Gasteiger partial charge in [-0.3, -0.25) is 5.32 Å². The first kappa shape index (κ1) is 10.1. The van der Waals surface area contributed by atoms with Gasteiger partial charge in [-0.2, -0.15) is 0 Å². The van der Waals surface area contributed by atoms with Crippen molar-refractivity contribution in [3.8, 4) is 5.75 Å². The average molecular weight is 215 g/mol. The highest BCUT2D eigenvalue weighted by atomic mass is 16.6. The van der Waals surface area contributed by atoms with Crippen molar-refractivity contribution < 1.29 is 9.53 Å². The molecule has 0 bridgehead atoms. The molecule has 1 heterocycles. The van der Waals surface area contributed by atoms with Crippen molar-refractivity contribution in [1.82, 2.24) is 9.97 Å². The molecular formula is C11H9N3O2. The molecule has 5 heteroatoms. The fourth-order valence-corrected chi connectivity index (χ4v) is 1.08. The summed E-state index contributed by atoms with van der Waals surface area (Å²) in [6.07, 6.45) is 2.45. The van der Waals surface area contributed by atoms with E-state index in [1.54, 1.807) is 30.3 Å².